The highest BCUT2D eigenvalue weighted by molar-refractivity contribution is 7.92. The minimum atomic E-state index is -4.00. The summed E-state index contributed by atoms with van der Waals surface area (Å²) in [5.74, 6) is -2.37. The molecule has 0 spiro atoms. The average molecular weight is 432 g/mol. The van der Waals surface area contributed by atoms with Crippen molar-refractivity contribution in [3.8, 4) is 11.5 Å². The van der Waals surface area contributed by atoms with E-state index in [0.29, 0.717) is 22.9 Å². The molecule has 2 aromatic carbocycles. The zero-order chi connectivity index (χ0) is 21.9. The molecule has 1 N–H and O–H groups in total. The second-order valence-corrected chi connectivity index (χ2v) is 8.72. The van der Waals surface area contributed by atoms with Crippen LogP contribution in [0.4, 0.5) is 11.4 Å². The van der Waals surface area contributed by atoms with E-state index in [9.17, 15) is 22.8 Å². The molecule has 0 bridgehead atoms. The van der Waals surface area contributed by atoms with Crippen molar-refractivity contribution in [1.82, 2.24) is 0 Å². The summed E-state index contributed by atoms with van der Waals surface area (Å²) in [6.45, 7) is -0.103. The van der Waals surface area contributed by atoms with Crippen LogP contribution in [0.2, 0.25) is 0 Å². The molecule has 2 aromatic rings. The summed E-state index contributed by atoms with van der Waals surface area (Å²) in [6.07, 6.45) is 0. The lowest BCUT2D eigenvalue weighted by Gasteiger charge is -2.26. The van der Waals surface area contributed by atoms with Crippen molar-refractivity contribution in [3.05, 3.63) is 48.0 Å². The van der Waals surface area contributed by atoms with Gasteiger partial charge in [-0.05, 0) is 42.5 Å². The molecule has 0 saturated heterocycles. The van der Waals surface area contributed by atoms with E-state index in [1.807, 2.05) is 0 Å². The standard InChI is InChI=1S/C20H20N2O7S/c1-22-16-9-13(3-8-18(16)29-10-20(22)25)17(23)11-30(26,27)12-19(24)21-14-4-6-15(28-2)7-5-14/h3-9H,10-12H2,1-2H3,(H,21,24). The Morgan fingerprint density at radius 1 is 1.13 bits per heavy atom. The van der Waals surface area contributed by atoms with Gasteiger partial charge in [-0.1, -0.05) is 0 Å². The van der Waals surface area contributed by atoms with E-state index < -0.39 is 33.0 Å². The number of hydrogen-bond donors (Lipinski definition) is 1. The Morgan fingerprint density at radius 2 is 1.83 bits per heavy atom. The lowest BCUT2D eigenvalue weighted by Crippen LogP contribution is -2.35. The second kappa shape index (κ2) is 8.54. The van der Waals surface area contributed by atoms with Crippen molar-refractivity contribution >= 4 is 38.8 Å². The summed E-state index contributed by atoms with van der Waals surface area (Å²) < 4.78 is 35.0. The molecule has 0 saturated carbocycles. The fourth-order valence-electron chi connectivity index (χ4n) is 2.85. The normalized spacial score (nSPS) is 13.3. The van der Waals surface area contributed by atoms with Gasteiger partial charge < -0.3 is 19.7 Å². The van der Waals surface area contributed by atoms with E-state index in [-0.39, 0.29) is 18.1 Å². The first-order valence-corrected chi connectivity index (χ1v) is 10.7. The van der Waals surface area contributed by atoms with Gasteiger partial charge >= 0.3 is 0 Å². The van der Waals surface area contributed by atoms with Crippen LogP contribution in [-0.4, -0.2) is 58.3 Å². The number of benzene rings is 2. The van der Waals surface area contributed by atoms with E-state index in [1.54, 1.807) is 24.3 Å². The minimum Gasteiger partial charge on any atom is -0.497 e. The van der Waals surface area contributed by atoms with Gasteiger partial charge in [-0.3, -0.25) is 14.4 Å². The van der Waals surface area contributed by atoms with Crippen LogP contribution in [0.3, 0.4) is 0 Å². The van der Waals surface area contributed by atoms with E-state index in [4.69, 9.17) is 9.47 Å². The number of fused-ring (bicyclic) bond motifs is 1. The largest absolute Gasteiger partial charge is 0.497 e. The summed E-state index contributed by atoms with van der Waals surface area (Å²) in [5.41, 5.74) is 0.898. The molecule has 10 heteroatoms. The third-order valence-electron chi connectivity index (χ3n) is 4.44. The Kier molecular flexibility index (Phi) is 6.06. The Balaban J connectivity index is 1.65. The van der Waals surface area contributed by atoms with Gasteiger partial charge in [0.15, 0.2) is 22.2 Å². The summed E-state index contributed by atoms with van der Waals surface area (Å²) in [5, 5.41) is 2.47. The molecule has 0 radical (unpaired) electrons. The summed E-state index contributed by atoms with van der Waals surface area (Å²) in [7, 11) is -0.962. The Labute approximate surface area is 173 Å². The molecule has 0 fully saturated rings. The third kappa shape index (κ3) is 4.95. The highest BCUT2D eigenvalue weighted by atomic mass is 32.2. The van der Waals surface area contributed by atoms with Crippen molar-refractivity contribution in [2.24, 2.45) is 0 Å². The highest BCUT2D eigenvalue weighted by Crippen LogP contribution is 2.32. The number of anilines is 2. The van der Waals surface area contributed by atoms with Gasteiger partial charge in [-0.15, -0.1) is 0 Å². The Hall–Kier alpha value is -3.40. The summed E-state index contributed by atoms with van der Waals surface area (Å²) in [6, 6.07) is 10.7. The number of Topliss-reactive ketones (excluding diaryl/α,β-unsaturated/α-hetero) is 1. The Bertz CT molecular complexity index is 1090. The lowest BCUT2D eigenvalue weighted by molar-refractivity contribution is -0.121. The fraction of sp³-hybridized carbons (Fsp3) is 0.250. The van der Waals surface area contributed by atoms with Crippen molar-refractivity contribution < 1.29 is 32.3 Å². The van der Waals surface area contributed by atoms with Crippen LogP contribution in [-0.2, 0) is 19.4 Å². The van der Waals surface area contributed by atoms with Gasteiger partial charge in [-0.2, -0.15) is 0 Å². The second-order valence-electron chi connectivity index (χ2n) is 6.66. The van der Waals surface area contributed by atoms with Crippen molar-refractivity contribution in [2.45, 2.75) is 0 Å². The highest BCUT2D eigenvalue weighted by Gasteiger charge is 2.26. The number of methoxy groups -OCH3 is 1. The maximum atomic E-state index is 12.5. The van der Waals surface area contributed by atoms with Gasteiger partial charge in [-0.25, -0.2) is 8.42 Å². The van der Waals surface area contributed by atoms with Crippen LogP contribution in [0.25, 0.3) is 0 Å². The van der Waals surface area contributed by atoms with Gasteiger partial charge in [0.05, 0.1) is 12.8 Å². The molecule has 0 unspecified atom stereocenters. The molecular weight excluding hydrogens is 412 g/mol. The molecule has 9 nitrogen and oxygen atoms in total. The molecule has 30 heavy (non-hydrogen) atoms. The number of amides is 2. The van der Waals surface area contributed by atoms with Crippen molar-refractivity contribution in [3.63, 3.8) is 0 Å². The zero-order valence-corrected chi connectivity index (χ0v) is 17.2. The number of nitrogens with zero attached hydrogens (tertiary/aromatic N) is 1. The van der Waals surface area contributed by atoms with Crippen LogP contribution >= 0.6 is 0 Å². The molecule has 0 aromatic heterocycles. The molecule has 1 aliphatic rings. The first kappa shape index (κ1) is 21.3. The van der Waals surface area contributed by atoms with Crippen LogP contribution in [0.15, 0.2) is 42.5 Å². The van der Waals surface area contributed by atoms with E-state index in [1.165, 1.54) is 37.3 Å². The number of carbonyl (C=O) groups is 3. The predicted octanol–water partition coefficient (Wildman–Crippen LogP) is 1.29. The number of carbonyl (C=O) groups excluding carboxylic acids is 3. The SMILES string of the molecule is COc1ccc(NC(=O)CS(=O)(=O)CC(=O)c2ccc3c(c2)N(C)C(=O)CO3)cc1. The number of ketones is 1. The third-order valence-corrected chi connectivity index (χ3v) is 5.85. The van der Waals surface area contributed by atoms with Crippen LogP contribution in [0.1, 0.15) is 10.4 Å². The number of nitrogens with one attached hydrogen (secondary N) is 1. The number of hydrogen-bond acceptors (Lipinski definition) is 7. The van der Waals surface area contributed by atoms with Gasteiger partial charge in [0.1, 0.15) is 23.0 Å². The number of rotatable bonds is 7. The molecule has 0 aliphatic carbocycles. The number of ether oxygens (including phenoxy) is 2. The van der Waals surface area contributed by atoms with E-state index in [0.717, 1.165) is 0 Å². The van der Waals surface area contributed by atoms with E-state index in [2.05, 4.69) is 5.32 Å². The molecule has 1 aliphatic heterocycles. The smallest absolute Gasteiger partial charge is 0.264 e. The summed E-state index contributed by atoms with van der Waals surface area (Å²) in [4.78, 5) is 37.6. The van der Waals surface area contributed by atoms with Crippen LogP contribution in [0.5, 0.6) is 11.5 Å². The monoisotopic (exact) mass is 432 g/mol. The van der Waals surface area contributed by atoms with Gasteiger partial charge in [0, 0.05) is 18.3 Å². The van der Waals surface area contributed by atoms with Gasteiger partial charge in [0.2, 0.25) is 5.91 Å². The molecule has 2 amide bonds. The molecule has 1 heterocycles. The topological polar surface area (TPSA) is 119 Å². The summed E-state index contributed by atoms with van der Waals surface area (Å²) >= 11 is 0. The average Bonchev–Trinajstić information content (AvgIpc) is 2.70. The molecule has 0 atom stereocenters. The molecular formula is C20H20N2O7S. The van der Waals surface area contributed by atoms with E-state index >= 15 is 0 Å². The molecule has 158 valence electrons. The first-order valence-electron chi connectivity index (χ1n) is 8.89. The van der Waals surface area contributed by atoms with Crippen molar-refractivity contribution in [2.75, 3.05) is 42.5 Å². The maximum absolute atomic E-state index is 12.5. The number of likely N-dealkylation sites (N-methyl/N-ethyl adjacent to an activating group) is 1. The fourth-order valence-corrected chi connectivity index (χ4v) is 3.99. The Morgan fingerprint density at radius 3 is 2.50 bits per heavy atom. The zero-order valence-electron chi connectivity index (χ0n) is 16.4. The minimum absolute atomic E-state index is 0.103. The lowest BCUT2D eigenvalue weighted by atomic mass is 10.1. The molecule has 3 rings (SSSR count). The predicted molar refractivity (Wildman–Crippen MR) is 110 cm³/mol. The first-order chi connectivity index (χ1) is 14.2. The van der Waals surface area contributed by atoms with Crippen LogP contribution < -0.4 is 19.7 Å². The maximum Gasteiger partial charge on any atom is 0.264 e. The van der Waals surface area contributed by atoms with Gasteiger partial charge in [0.25, 0.3) is 5.91 Å². The van der Waals surface area contributed by atoms with Crippen LogP contribution in [0, 0.1) is 0 Å². The number of sulfone groups is 1. The quantitative estimate of drug-likeness (QED) is 0.655. The van der Waals surface area contributed by atoms with Crippen molar-refractivity contribution in [1.29, 1.82) is 0 Å².